The first-order valence-corrected chi connectivity index (χ1v) is 27.8. The number of hydrogen-bond donors (Lipinski definition) is 17. The van der Waals surface area contributed by atoms with E-state index in [0.717, 1.165) is 0 Å². The van der Waals surface area contributed by atoms with E-state index in [1.807, 2.05) is 0 Å². The van der Waals surface area contributed by atoms with Gasteiger partial charge in [0, 0.05) is 6.07 Å². The standard InChI is InChI=1S/4C4H6N8.C4H8N6.2ClH.I3.HI.2H2O/c4*5-1-8-2(6)12-3(7)10-11-4(12)9-1;5-2-1-3(10-7)9-4(6)8-2;;;1-3-2;;;/h3*(H2,7,10)(H4,5,6,8,9,11);(H6,5,6,7,8,9,10,11);1H,7H2,(H5,5,6,8,9,10);2*1H;;1H;2*1H2/q;;;;;;;-1;;;/p+1. The van der Waals surface area contributed by atoms with Crippen molar-refractivity contribution in [2.75, 3.05) is 85.7 Å². The van der Waals surface area contributed by atoms with Crippen LogP contribution in [0.5, 0.6) is 0 Å². The summed E-state index contributed by atoms with van der Waals surface area (Å²) in [4.78, 5) is 37.1. The van der Waals surface area contributed by atoms with Gasteiger partial charge >= 0.3 is 56.3 Å². The van der Waals surface area contributed by atoms with E-state index in [2.05, 4.69) is 133 Å². The van der Waals surface area contributed by atoms with Crippen LogP contribution in [0.1, 0.15) is 0 Å². The number of nitrogen functional groups attached to an aromatic ring is 15. The molecular formula is C20H40Cl2I4N38O2. The predicted molar refractivity (Wildman–Crippen MR) is 270 cm³/mol. The Balaban J connectivity index is 0. The van der Waals surface area contributed by atoms with Crippen molar-refractivity contribution < 1.29 is 28.6 Å². The Morgan fingerprint density at radius 1 is 0.500 bits per heavy atom. The molecule has 0 unspecified atom stereocenters. The van der Waals surface area contributed by atoms with Crippen molar-refractivity contribution in [1.29, 1.82) is 0 Å². The van der Waals surface area contributed by atoms with Gasteiger partial charge in [0.05, 0.1) is 0 Å². The van der Waals surface area contributed by atoms with Crippen molar-refractivity contribution in [2.45, 2.75) is 0 Å². The number of nitrogens with zero attached hydrogens (tertiary/aromatic N) is 21. The fraction of sp³-hybridized carbons (Fsp3) is 0. The van der Waals surface area contributed by atoms with Crippen LogP contribution in [0.3, 0.4) is 0 Å². The molecule has 66 heavy (non-hydrogen) atoms. The Labute approximate surface area is 424 Å². The second-order valence-corrected chi connectivity index (χ2v) is 26.6. The number of aromatic nitrogens is 22. The molecule has 9 aromatic rings. The summed E-state index contributed by atoms with van der Waals surface area (Å²) in [5, 5.41) is 27.7. The quantitative estimate of drug-likeness (QED) is 0.0314. The van der Waals surface area contributed by atoms with Crippen LogP contribution in [0.4, 0.5) is 89.0 Å². The number of H-pyrrole nitrogens is 1. The molecule has 0 radical (unpaired) electrons. The predicted octanol–water partition coefficient (Wildman–Crippen LogP) is -10.0. The number of aromatic amines is 1. The van der Waals surface area contributed by atoms with Crippen LogP contribution >= 0.6 is 86.0 Å². The third kappa shape index (κ3) is 15.8. The van der Waals surface area contributed by atoms with Gasteiger partial charge < -0.3 is 96.6 Å². The van der Waals surface area contributed by atoms with Crippen LogP contribution in [-0.2, 0) is 0 Å². The van der Waals surface area contributed by atoms with Crippen molar-refractivity contribution in [3.05, 3.63) is 6.07 Å². The van der Waals surface area contributed by atoms with Crippen molar-refractivity contribution in [2.24, 2.45) is 5.84 Å². The van der Waals surface area contributed by atoms with E-state index in [4.69, 9.17) is 86.1 Å². The second kappa shape index (κ2) is 27.6. The van der Waals surface area contributed by atoms with Gasteiger partial charge in [-0.25, -0.2) is 19.0 Å². The van der Waals surface area contributed by atoms with Crippen molar-refractivity contribution in [1.82, 2.24) is 104 Å². The number of fused-ring (bicyclic) bond motifs is 4. The second-order valence-electron chi connectivity index (χ2n) is 10.3. The van der Waals surface area contributed by atoms with Crippen molar-refractivity contribution in [3.8, 4) is 0 Å². The molecule has 0 aliphatic rings. The van der Waals surface area contributed by atoms with Crippen LogP contribution in [0.2, 0.25) is 0 Å². The Morgan fingerprint density at radius 2 is 0.848 bits per heavy atom. The molecule has 0 aliphatic heterocycles. The number of anilines is 15. The normalized spacial score (nSPS) is 9.50. The number of hydrazine groups is 1. The minimum absolute atomic E-state index is 0. The molecule has 0 saturated carbocycles. The first-order valence-electron chi connectivity index (χ1n) is 15.2. The fourth-order valence-corrected chi connectivity index (χ4v) is 4.09. The molecule has 0 amide bonds. The molecule has 0 aromatic carbocycles. The van der Waals surface area contributed by atoms with Crippen LogP contribution in [-0.4, -0.2) is 115 Å². The maximum atomic E-state index is 5.49. The van der Waals surface area contributed by atoms with E-state index in [0.29, 0.717) is 30.7 Å². The summed E-state index contributed by atoms with van der Waals surface area (Å²) >= 11 is 5.30. The van der Waals surface area contributed by atoms with Crippen LogP contribution in [0.25, 0.3) is 23.1 Å². The molecule has 0 spiro atoms. The van der Waals surface area contributed by atoms with Gasteiger partial charge in [0.15, 0.2) is 0 Å². The SMILES string of the molecule is Cl.Cl.I.I[I-]I.NNc1cc(N)nc(N)n1.Nc1nc(N)[n+]2c(N)[nH]nc2n1.Nc1nc(N)n2c(N)nnc2n1.Nc1nc(N)n2c(N)nnc2n1.Nc1nc(N)n2c(N)nnc2n1.O.O. The van der Waals surface area contributed by atoms with E-state index < -0.39 is 0 Å². The summed E-state index contributed by atoms with van der Waals surface area (Å²) in [6.45, 7) is 0. The summed E-state index contributed by atoms with van der Waals surface area (Å²) in [5.41, 5.74) is 77.7. The number of nitrogens with two attached hydrogens (primary N) is 15. The summed E-state index contributed by atoms with van der Waals surface area (Å²) < 4.78 is 5.26. The number of nitrogens with one attached hydrogen (secondary N) is 2. The Hall–Kier alpha value is -6.62. The van der Waals surface area contributed by atoms with Gasteiger partial charge in [0.2, 0.25) is 59.5 Å². The molecule has 40 nitrogen and oxygen atoms in total. The molecular weight excluding hydrogens is 1380 g/mol. The summed E-state index contributed by atoms with van der Waals surface area (Å²) in [5.74, 6) is 8.32. The third-order valence-corrected chi connectivity index (χ3v) is 6.33. The maximum Gasteiger partial charge on any atom is 0.357 e. The van der Waals surface area contributed by atoms with Gasteiger partial charge in [-0.2, -0.15) is 49.4 Å². The summed E-state index contributed by atoms with van der Waals surface area (Å²) in [6.07, 6.45) is 0. The Kier molecular flexibility index (Phi) is 25.7. The first-order chi connectivity index (χ1) is 28.9. The van der Waals surface area contributed by atoms with Crippen molar-refractivity contribution >= 4 is 198 Å². The smallest absolute Gasteiger partial charge is 0.357 e. The molecule has 0 aliphatic carbocycles. The van der Waals surface area contributed by atoms with Gasteiger partial charge in [-0.15, -0.1) is 89.4 Å². The average Bonchev–Trinajstić information content (AvgIpc) is 3.95. The molecule has 36 N–H and O–H groups in total. The zero-order valence-electron chi connectivity index (χ0n) is 32.5. The minimum atomic E-state index is 0. The molecule has 46 heteroatoms. The van der Waals surface area contributed by atoms with E-state index in [1.165, 1.54) is 23.7 Å². The molecule has 0 atom stereocenters. The van der Waals surface area contributed by atoms with Crippen LogP contribution < -0.4 is 109 Å². The van der Waals surface area contributed by atoms with Gasteiger partial charge in [0.1, 0.15) is 11.6 Å². The van der Waals surface area contributed by atoms with Crippen molar-refractivity contribution in [3.63, 3.8) is 0 Å². The number of hydrogen-bond acceptors (Lipinski definition) is 33. The monoisotopic (exact) mass is 1420 g/mol. The van der Waals surface area contributed by atoms with E-state index in [-0.39, 0.29) is 154 Å². The van der Waals surface area contributed by atoms with E-state index in [1.54, 1.807) is 0 Å². The maximum absolute atomic E-state index is 5.49. The van der Waals surface area contributed by atoms with E-state index >= 15 is 0 Å². The largest absolute Gasteiger partial charge is 0.412 e. The van der Waals surface area contributed by atoms with Gasteiger partial charge in [-0.3, -0.25) is 0 Å². The third-order valence-electron chi connectivity index (χ3n) is 6.33. The number of rotatable bonds is 1. The molecule has 9 aromatic heterocycles. The Morgan fingerprint density at radius 3 is 1.20 bits per heavy atom. The van der Waals surface area contributed by atoms with Crippen LogP contribution in [0, 0.1) is 0 Å². The summed E-state index contributed by atoms with van der Waals surface area (Å²) in [7, 11) is 0. The van der Waals surface area contributed by atoms with Gasteiger partial charge in [-0.05, 0) is 5.10 Å². The fourth-order valence-electron chi connectivity index (χ4n) is 4.09. The molecule has 9 heterocycles. The molecule has 9 rings (SSSR count). The zero-order valence-corrected chi connectivity index (χ0v) is 42.9. The Bertz CT molecular complexity index is 2550. The van der Waals surface area contributed by atoms with Crippen LogP contribution in [0.15, 0.2) is 6.07 Å². The summed E-state index contributed by atoms with van der Waals surface area (Å²) in [6, 6.07) is 1.48. The van der Waals surface area contributed by atoms with Gasteiger partial charge in [0.25, 0.3) is 35.2 Å². The van der Waals surface area contributed by atoms with Gasteiger partial charge in [-0.1, -0.05) is 0 Å². The number of halogens is 6. The molecule has 0 fully saturated rings. The molecule has 0 bridgehead atoms. The molecule has 364 valence electrons. The molecule has 0 saturated heterocycles. The average molecular weight is 1420 g/mol. The minimum Gasteiger partial charge on any atom is -0.412 e. The topological polar surface area (TPSA) is 718 Å². The first kappa shape index (κ1) is 61.5. The zero-order chi connectivity index (χ0) is 45.1. The van der Waals surface area contributed by atoms with E-state index in [9.17, 15) is 0 Å².